The summed E-state index contributed by atoms with van der Waals surface area (Å²) < 4.78 is 6.48. The summed E-state index contributed by atoms with van der Waals surface area (Å²) in [7, 11) is 0. The van der Waals surface area contributed by atoms with E-state index in [1.165, 1.54) is 43.8 Å². The number of nitrogens with zero attached hydrogens (tertiary/aromatic N) is 1. The number of fused-ring (bicyclic) bond motifs is 5. The highest BCUT2D eigenvalue weighted by Gasteiger charge is 2.17. The van der Waals surface area contributed by atoms with Crippen LogP contribution >= 0.6 is 0 Å². The summed E-state index contributed by atoms with van der Waals surface area (Å²) in [4.78, 5) is 5.01. The van der Waals surface area contributed by atoms with Crippen molar-refractivity contribution in [2.24, 2.45) is 0 Å². The monoisotopic (exact) mass is 573 g/mol. The van der Waals surface area contributed by atoms with Crippen LogP contribution in [0.4, 0.5) is 0 Å². The molecule has 2 heteroatoms. The Morgan fingerprint density at radius 2 is 0.956 bits per heavy atom. The molecule has 0 radical (unpaired) electrons. The maximum Gasteiger partial charge on any atom is 0.154 e. The molecule has 2 nitrogen and oxygen atoms in total. The van der Waals surface area contributed by atoms with Gasteiger partial charge in [-0.2, -0.15) is 0 Å². The van der Waals surface area contributed by atoms with Crippen molar-refractivity contribution >= 4 is 43.6 Å². The largest absolute Gasteiger partial charge is 0.454 e. The Morgan fingerprint density at radius 3 is 1.67 bits per heavy atom. The number of pyridine rings is 1. The first-order chi connectivity index (χ1) is 22.3. The lowest BCUT2D eigenvalue weighted by Gasteiger charge is -2.13. The molecule has 0 aliphatic rings. The third kappa shape index (κ3) is 4.47. The highest BCUT2D eigenvalue weighted by atomic mass is 16.3. The van der Waals surface area contributed by atoms with E-state index in [-0.39, 0.29) is 0 Å². The van der Waals surface area contributed by atoms with Crippen LogP contribution in [0.5, 0.6) is 0 Å². The van der Waals surface area contributed by atoms with Gasteiger partial charge in [0.1, 0.15) is 11.1 Å². The molecule has 9 aromatic rings. The van der Waals surface area contributed by atoms with Crippen LogP contribution in [0.15, 0.2) is 168 Å². The zero-order valence-electron chi connectivity index (χ0n) is 24.4. The molecule has 2 heterocycles. The summed E-state index contributed by atoms with van der Waals surface area (Å²) >= 11 is 0. The molecule has 210 valence electrons. The van der Waals surface area contributed by atoms with E-state index in [2.05, 4.69) is 152 Å². The van der Waals surface area contributed by atoms with E-state index in [4.69, 9.17) is 9.40 Å². The summed E-state index contributed by atoms with van der Waals surface area (Å²) in [6, 6.07) is 56.1. The van der Waals surface area contributed by atoms with Crippen molar-refractivity contribution in [3.8, 4) is 44.5 Å². The second-order valence-electron chi connectivity index (χ2n) is 11.6. The maximum atomic E-state index is 6.48. The Kier molecular flexibility index (Phi) is 5.85. The SMILES string of the molecule is c1ccc(-c2cc(-c3ccc4ccccc4c3)cc(-c3cccc4oc5cc(-c6ccc7ccccc7c6)cnc5c34)c2)cc1. The van der Waals surface area contributed by atoms with E-state index < -0.39 is 0 Å². The van der Waals surface area contributed by atoms with Crippen LogP contribution < -0.4 is 0 Å². The summed E-state index contributed by atoms with van der Waals surface area (Å²) in [5.74, 6) is 0. The Balaban J connectivity index is 1.23. The van der Waals surface area contributed by atoms with Crippen molar-refractivity contribution in [2.75, 3.05) is 0 Å². The van der Waals surface area contributed by atoms with Crippen molar-refractivity contribution in [2.45, 2.75) is 0 Å². The third-order valence-corrected chi connectivity index (χ3v) is 8.85. The van der Waals surface area contributed by atoms with E-state index in [1.54, 1.807) is 0 Å². The van der Waals surface area contributed by atoms with Crippen LogP contribution in [-0.4, -0.2) is 4.98 Å². The van der Waals surface area contributed by atoms with Crippen molar-refractivity contribution < 1.29 is 4.42 Å². The second-order valence-corrected chi connectivity index (χ2v) is 11.6. The Labute approximate surface area is 260 Å². The van der Waals surface area contributed by atoms with Gasteiger partial charge in [0.05, 0.1) is 5.39 Å². The van der Waals surface area contributed by atoms with Gasteiger partial charge in [-0.3, -0.25) is 4.98 Å². The minimum absolute atomic E-state index is 0.789. The molecule has 45 heavy (non-hydrogen) atoms. The van der Waals surface area contributed by atoms with E-state index in [1.807, 2.05) is 12.3 Å². The molecule has 0 aliphatic heterocycles. The number of benzene rings is 7. The maximum absolute atomic E-state index is 6.48. The summed E-state index contributed by atoms with van der Waals surface area (Å²) in [6.45, 7) is 0. The molecule has 0 spiro atoms. The molecular weight excluding hydrogens is 546 g/mol. The first-order valence-electron chi connectivity index (χ1n) is 15.3. The molecule has 0 atom stereocenters. The normalized spacial score (nSPS) is 11.6. The number of hydrogen-bond donors (Lipinski definition) is 0. The molecule has 0 saturated carbocycles. The Bertz CT molecular complexity index is 2540. The van der Waals surface area contributed by atoms with Gasteiger partial charge < -0.3 is 4.42 Å². The van der Waals surface area contributed by atoms with Crippen LogP contribution in [0.25, 0.3) is 88.1 Å². The quantitative estimate of drug-likeness (QED) is 0.209. The third-order valence-electron chi connectivity index (χ3n) is 8.85. The predicted molar refractivity (Wildman–Crippen MR) is 188 cm³/mol. The highest BCUT2D eigenvalue weighted by molar-refractivity contribution is 6.11. The second kappa shape index (κ2) is 10.3. The van der Waals surface area contributed by atoms with Gasteiger partial charge in [0.25, 0.3) is 0 Å². The van der Waals surface area contributed by atoms with Crippen LogP contribution in [0.3, 0.4) is 0 Å². The van der Waals surface area contributed by atoms with E-state index in [0.29, 0.717) is 0 Å². The van der Waals surface area contributed by atoms with E-state index >= 15 is 0 Å². The lowest BCUT2D eigenvalue weighted by atomic mass is 9.91. The molecule has 0 fully saturated rings. The van der Waals surface area contributed by atoms with Gasteiger partial charge in [0.2, 0.25) is 0 Å². The minimum Gasteiger partial charge on any atom is -0.454 e. The summed E-state index contributed by atoms with van der Waals surface area (Å²) in [5.41, 5.74) is 11.6. The zero-order valence-corrected chi connectivity index (χ0v) is 24.4. The molecule has 0 saturated heterocycles. The van der Waals surface area contributed by atoms with Crippen molar-refractivity contribution in [3.63, 3.8) is 0 Å². The number of hydrogen-bond acceptors (Lipinski definition) is 2. The van der Waals surface area contributed by atoms with E-state index in [9.17, 15) is 0 Å². The van der Waals surface area contributed by atoms with Crippen LogP contribution in [0.2, 0.25) is 0 Å². The average Bonchev–Trinajstić information content (AvgIpc) is 3.49. The summed E-state index contributed by atoms with van der Waals surface area (Å²) in [5, 5.41) is 5.94. The van der Waals surface area contributed by atoms with Gasteiger partial charge in [-0.25, -0.2) is 0 Å². The summed E-state index contributed by atoms with van der Waals surface area (Å²) in [6.07, 6.45) is 1.97. The molecule has 0 aliphatic carbocycles. The fourth-order valence-corrected chi connectivity index (χ4v) is 6.57. The molecule has 0 N–H and O–H groups in total. The van der Waals surface area contributed by atoms with E-state index in [0.717, 1.165) is 44.3 Å². The number of aromatic nitrogens is 1. The average molecular weight is 574 g/mol. The molecule has 0 bridgehead atoms. The standard InChI is InChI=1S/C43H27NO/c1-2-9-28(10-3-1)35-23-36(33-19-17-29-11-4-6-13-31(29)21-33)25-37(24-35)39-15-8-16-40-42(39)43-41(45-40)26-38(27-44-43)34-20-18-30-12-5-7-14-32(30)22-34/h1-27H. The zero-order chi connectivity index (χ0) is 29.7. The first kappa shape index (κ1) is 25.5. The van der Waals surface area contributed by atoms with Crippen LogP contribution in [0, 0.1) is 0 Å². The molecule has 2 aromatic heterocycles. The molecule has 0 amide bonds. The van der Waals surface area contributed by atoms with Gasteiger partial charge in [-0.05, 0) is 103 Å². The highest BCUT2D eigenvalue weighted by Crippen LogP contribution is 2.40. The Morgan fingerprint density at radius 1 is 0.356 bits per heavy atom. The van der Waals surface area contributed by atoms with Gasteiger partial charge in [-0.1, -0.05) is 115 Å². The van der Waals surface area contributed by atoms with Crippen molar-refractivity contribution in [3.05, 3.63) is 164 Å². The minimum atomic E-state index is 0.789. The lowest BCUT2D eigenvalue weighted by Crippen LogP contribution is -1.88. The van der Waals surface area contributed by atoms with Crippen LogP contribution in [-0.2, 0) is 0 Å². The van der Waals surface area contributed by atoms with Gasteiger partial charge in [-0.15, -0.1) is 0 Å². The molecule has 9 rings (SSSR count). The Hall–Kier alpha value is -5.99. The topological polar surface area (TPSA) is 26.0 Å². The number of rotatable bonds is 4. The molecule has 7 aromatic carbocycles. The molecule has 0 unspecified atom stereocenters. The lowest BCUT2D eigenvalue weighted by molar-refractivity contribution is 0.668. The van der Waals surface area contributed by atoms with Crippen molar-refractivity contribution in [1.82, 2.24) is 4.98 Å². The van der Waals surface area contributed by atoms with Gasteiger partial charge >= 0.3 is 0 Å². The predicted octanol–water partition coefficient (Wildman–Crippen LogP) is 12.0. The number of furan rings is 1. The molecular formula is C43H27NO. The fourth-order valence-electron chi connectivity index (χ4n) is 6.57. The first-order valence-corrected chi connectivity index (χ1v) is 15.3. The van der Waals surface area contributed by atoms with Crippen molar-refractivity contribution in [1.29, 1.82) is 0 Å². The van der Waals surface area contributed by atoms with Crippen LogP contribution in [0.1, 0.15) is 0 Å². The fraction of sp³-hybridized carbons (Fsp3) is 0. The van der Waals surface area contributed by atoms with Gasteiger partial charge in [0, 0.05) is 11.8 Å². The van der Waals surface area contributed by atoms with Gasteiger partial charge in [0.15, 0.2) is 5.58 Å². The smallest absolute Gasteiger partial charge is 0.154 e.